The van der Waals surface area contributed by atoms with Gasteiger partial charge in [-0.2, -0.15) is 0 Å². The first-order valence-corrected chi connectivity index (χ1v) is 7.49. The Bertz CT molecular complexity index is 734. The molecule has 0 fully saturated rings. The average molecular weight is 300 g/mol. The van der Waals surface area contributed by atoms with E-state index < -0.39 is 0 Å². The van der Waals surface area contributed by atoms with Crippen LogP contribution in [-0.4, -0.2) is 25.2 Å². The minimum absolute atomic E-state index is 0.152. The maximum absolute atomic E-state index is 4.60. The number of aromatic nitrogens is 5. The molecule has 0 radical (unpaired) electrons. The highest BCUT2D eigenvalue weighted by atomic mass is 32.1. The van der Waals surface area contributed by atoms with E-state index in [0.29, 0.717) is 0 Å². The lowest BCUT2D eigenvalue weighted by Gasteiger charge is -2.15. The van der Waals surface area contributed by atoms with Crippen molar-refractivity contribution in [2.45, 2.75) is 26.8 Å². The first-order chi connectivity index (χ1) is 10.1. The van der Waals surface area contributed by atoms with Gasteiger partial charge in [0.2, 0.25) is 0 Å². The van der Waals surface area contributed by atoms with Crippen LogP contribution in [0.15, 0.2) is 30.6 Å². The van der Waals surface area contributed by atoms with Crippen LogP contribution in [0.5, 0.6) is 0 Å². The van der Waals surface area contributed by atoms with Gasteiger partial charge in [-0.25, -0.2) is 9.67 Å². The quantitative estimate of drug-likeness (QED) is 0.802. The van der Waals surface area contributed by atoms with Crippen LogP contribution in [0.3, 0.4) is 0 Å². The van der Waals surface area contributed by atoms with Gasteiger partial charge >= 0.3 is 0 Å². The Balaban J connectivity index is 1.82. The minimum Gasteiger partial charge on any atom is -0.377 e. The number of anilines is 1. The van der Waals surface area contributed by atoms with Gasteiger partial charge in [-0.05, 0) is 49.4 Å². The zero-order chi connectivity index (χ0) is 14.8. The molecule has 1 atom stereocenters. The van der Waals surface area contributed by atoms with Crippen molar-refractivity contribution in [3.8, 4) is 5.69 Å². The van der Waals surface area contributed by atoms with Crippen molar-refractivity contribution in [2.75, 3.05) is 5.32 Å². The molecule has 0 aliphatic rings. The number of aryl methyl sites for hydroxylation is 2. The topological polar surface area (TPSA) is 68.5 Å². The van der Waals surface area contributed by atoms with Crippen LogP contribution in [0.25, 0.3) is 5.69 Å². The zero-order valence-corrected chi connectivity index (χ0v) is 12.9. The molecule has 7 heteroatoms. The van der Waals surface area contributed by atoms with Crippen molar-refractivity contribution in [1.82, 2.24) is 25.2 Å². The van der Waals surface area contributed by atoms with Crippen molar-refractivity contribution in [3.05, 3.63) is 46.2 Å². The van der Waals surface area contributed by atoms with E-state index in [2.05, 4.69) is 39.7 Å². The monoisotopic (exact) mass is 300 g/mol. The van der Waals surface area contributed by atoms with E-state index in [4.69, 9.17) is 0 Å². The summed E-state index contributed by atoms with van der Waals surface area (Å²) in [6.45, 7) is 6.26. The molecule has 0 bridgehead atoms. The van der Waals surface area contributed by atoms with Gasteiger partial charge in [0.15, 0.2) is 0 Å². The second-order valence-corrected chi connectivity index (χ2v) is 6.25. The lowest BCUT2D eigenvalue weighted by Crippen LogP contribution is -2.08. The Kier molecular flexibility index (Phi) is 3.66. The molecule has 108 valence electrons. The molecule has 6 nitrogen and oxygen atoms in total. The fourth-order valence-electron chi connectivity index (χ4n) is 2.28. The van der Waals surface area contributed by atoms with Crippen molar-refractivity contribution in [3.63, 3.8) is 0 Å². The third-order valence-corrected chi connectivity index (χ3v) is 4.09. The predicted octanol–water partition coefficient (Wildman–Crippen LogP) is 2.91. The summed E-state index contributed by atoms with van der Waals surface area (Å²) in [6.07, 6.45) is 1.58. The molecule has 3 aromatic rings. The summed E-state index contributed by atoms with van der Waals surface area (Å²) < 4.78 is 1.63. The fraction of sp³-hybridized carbons (Fsp3) is 0.286. The van der Waals surface area contributed by atoms with E-state index in [9.17, 15) is 0 Å². The van der Waals surface area contributed by atoms with Crippen LogP contribution >= 0.6 is 11.3 Å². The number of tetrazole rings is 1. The first-order valence-electron chi connectivity index (χ1n) is 6.67. The number of hydrogen-bond donors (Lipinski definition) is 1. The van der Waals surface area contributed by atoms with Crippen molar-refractivity contribution in [1.29, 1.82) is 0 Å². The Morgan fingerprint density at radius 2 is 2.14 bits per heavy atom. The van der Waals surface area contributed by atoms with Gasteiger partial charge < -0.3 is 5.32 Å². The lowest BCUT2D eigenvalue weighted by atomic mass is 10.2. The van der Waals surface area contributed by atoms with Crippen LogP contribution in [-0.2, 0) is 0 Å². The van der Waals surface area contributed by atoms with Gasteiger partial charge in [0, 0.05) is 10.6 Å². The number of nitrogens with zero attached hydrogens (tertiary/aromatic N) is 5. The molecule has 0 spiro atoms. The standard InChI is InChI=1S/C14H16N6S/c1-9(14-10(2)21-11(3)17-14)16-12-5-4-6-13(7-12)20-8-15-18-19-20/h4-9,16H,1-3H3. The molecule has 1 unspecified atom stereocenters. The van der Waals surface area contributed by atoms with Crippen LogP contribution in [0.4, 0.5) is 5.69 Å². The van der Waals surface area contributed by atoms with Gasteiger partial charge in [0.05, 0.1) is 22.4 Å². The van der Waals surface area contributed by atoms with Crippen LogP contribution < -0.4 is 5.32 Å². The Hall–Kier alpha value is -2.28. The highest BCUT2D eigenvalue weighted by Gasteiger charge is 2.13. The second kappa shape index (κ2) is 5.61. The van der Waals surface area contributed by atoms with E-state index in [1.807, 2.05) is 31.2 Å². The van der Waals surface area contributed by atoms with Gasteiger partial charge in [-0.3, -0.25) is 0 Å². The largest absolute Gasteiger partial charge is 0.377 e. The lowest BCUT2D eigenvalue weighted by molar-refractivity contribution is 0.788. The van der Waals surface area contributed by atoms with Crippen molar-refractivity contribution in [2.24, 2.45) is 0 Å². The summed E-state index contributed by atoms with van der Waals surface area (Å²) in [5, 5.41) is 15.8. The van der Waals surface area contributed by atoms with Crippen molar-refractivity contribution >= 4 is 17.0 Å². The Morgan fingerprint density at radius 1 is 1.29 bits per heavy atom. The molecule has 3 rings (SSSR count). The summed E-state index contributed by atoms with van der Waals surface area (Å²) in [5.74, 6) is 0. The molecule has 1 aromatic carbocycles. The van der Waals surface area contributed by atoms with Crippen LogP contribution in [0.1, 0.15) is 28.5 Å². The second-order valence-electron chi connectivity index (χ2n) is 4.85. The number of hydrogen-bond acceptors (Lipinski definition) is 6. The molecule has 0 aliphatic carbocycles. The Labute approximate surface area is 126 Å². The molecule has 1 N–H and O–H groups in total. The molecule has 0 saturated carbocycles. The highest BCUT2D eigenvalue weighted by molar-refractivity contribution is 7.11. The summed E-state index contributed by atoms with van der Waals surface area (Å²) in [7, 11) is 0. The average Bonchev–Trinajstić information content (AvgIpc) is 3.08. The molecule has 0 amide bonds. The van der Waals surface area contributed by atoms with E-state index in [1.54, 1.807) is 22.3 Å². The van der Waals surface area contributed by atoms with Gasteiger partial charge in [0.1, 0.15) is 6.33 Å². The van der Waals surface area contributed by atoms with Crippen LogP contribution in [0, 0.1) is 13.8 Å². The zero-order valence-electron chi connectivity index (χ0n) is 12.1. The summed E-state index contributed by atoms with van der Waals surface area (Å²) in [6, 6.07) is 8.13. The molecule has 0 aliphatic heterocycles. The Morgan fingerprint density at radius 3 is 2.81 bits per heavy atom. The molecular formula is C14H16N6S. The normalized spacial score (nSPS) is 12.3. The summed E-state index contributed by atoms with van der Waals surface area (Å²) in [5.41, 5.74) is 3.04. The van der Waals surface area contributed by atoms with Gasteiger partial charge in [0.25, 0.3) is 0 Å². The minimum atomic E-state index is 0.152. The predicted molar refractivity (Wildman–Crippen MR) is 82.8 cm³/mol. The first kappa shape index (κ1) is 13.7. The molecule has 21 heavy (non-hydrogen) atoms. The third kappa shape index (κ3) is 2.92. The highest BCUT2D eigenvalue weighted by Crippen LogP contribution is 2.26. The molecule has 2 heterocycles. The maximum atomic E-state index is 4.60. The maximum Gasteiger partial charge on any atom is 0.143 e. The van der Waals surface area contributed by atoms with E-state index >= 15 is 0 Å². The van der Waals surface area contributed by atoms with E-state index in [1.165, 1.54) is 4.88 Å². The number of thiazole rings is 1. The summed E-state index contributed by atoms with van der Waals surface area (Å²) in [4.78, 5) is 5.85. The number of benzene rings is 1. The number of nitrogens with one attached hydrogen (secondary N) is 1. The van der Waals surface area contributed by atoms with Gasteiger partial charge in [-0.15, -0.1) is 16.4 Å². The third-order valence-electron chi connectivity index (χ3n) is 3.19. The van der Waals surface area contributed by atoms with E-state index in [-0.39, 0.29) is 6.04 Å². The fourth-order valence-corrected chi connectivity index (χ4v) is 3.20. The summed E-state index contributed by atoms with van der Waals surface area (Å²) >= 11 is 1.73. The molecular weight excluding hydrogens is 284 g/mol. The van der Waals surface area contributed by atoms with Gasteiger partial charge in [-0.1, -0.05) is 6.07 Å². The number of rotatable bonds is 4. The molecule has 2 aromatic heterocycles. The molecule has 0 saturated heterocycles. The van der Waals surface area contributed by atoms with Crippen molar-refractivity contribution < 1.29 is 0 Å². The smallest absolute Gasteiger partial charge is 0.143 e. The SMILES string of the molecule is Cc1nc(C(C)Nc2cccc(-n3cnnn3)c2)c(C)s1. The van der Waals surface area contributed by atoms with E-state index in [0.717, 1.165) is 22.1 Å². The van der Waals surface area contributed by atoms with Crippen LogP contribution in [0.2, 0.25) is 0 Å².